The molecule has 0 saturated carbocycles. The molecular formula is C6H14KNO2. The Morgan fingerprint density at radius 1 is 1.80 bits per heavy atom. The number of carboxylic acids is 1. The van der Waals surface area contributed by atoms with Gasteiger partial charge in [0.25, 0.3) is 0 Å². The van der Waals surface area contributed by atoms with Crippen molar-refractivity contribution < 1.29 is 62.7 Å². The number of hydrogen-bond acceptors (Lipinski definition) is 2. The van der Waals surface area contributed by atoms with E-state index in [1.807, 2.05) is 6.92 Å². The van der Waals surface area contributed by atoms with E-state index in [4.69, 9.17) is 10.8 Å². The van der Waals surface area contributed by atoms with Crippen molar-refractivity contribution in [2.24, 2.45) is 5.73 Å². The Morgan fingerprint density at radius 3 is 2.60 bits per heavy atom. The molecule has 0 spiro atoms. The Bertz CT molecular complexity index is 103. The zero-order valence-electron chi connectivity index (χ0n) is 7.63. The normalized spacial score (nSPS) is 11.8. The van der Waals surface area contributed by atoms with E-state index >= 15 is 0 Å². The molecular weight excluding hydrogens is 157 g/mol. The maximum atomic E-state index is 10.1. The molecule has 1 unspecified atom stereocenters. The molecule has 4 heteroatoms. The second-order valence-electron chi connectivity index (χ2n) is 2.09. The topological polar surface area (TPSA) is 63.3 Å². The van der Waals surface area contributed by atoms with Crippen LogP contribution in [-0.2, 0) is 4.79 Å². The molecule has 0 aromatic carbocycles. The minimum atomic E-state index is -0.900. The Labute approximate surface area is 105 Å². The van der Waals surface area contributed by atoms with Crippen molar-refractivity contribution in [2.45, 2.75) is 32.2 Å². The number of carboxylic acid groups (broad SMARTS) is 1. The van der Waals surface area contributed by atoms with Gasteiger partial charge in [0, 0.05) is 0 Å². The van der Waals surface area contributed by atoms with Crippen LogP contribution < -0.4 is 57.1 Å². The van der Waals surface area contributed by atoms with Gasteiger partial charge in [-0.05, 0) is 6.42 Å². The third-order valence-corrected chi connectivity index (χ3v) is 1.19. The van der Waals surface area contributed by atoms with Gasteiger partial charge in [0.1, 0.15) is 6.04 Å². The maximum Gasteiger partial charge on any atom is 1.00 e. The van der Waals surface area contributed by atoms with Crippen LogP contribution in [0.4, 0.5) is 0 Å². The zero-order valence-corrected chi connectivity index (χ0v) is 9.75. The molecule has 56 valence electrons. The molecule has 1 atom stereocenters. The van der Waals surface area contributed by atoms with E-state index in [0.717, 1.165) is 12.8 Å². The van der Waals surface area contributed by atoms with Crippen LogP contribution in [0.5, 0.6) is 0 Å². The van der Waals surface area contributed by atoms with Crippen molar-refractivity contribution in [3.63, 3.8) is 0 Å². The van der Waals surface area contributed by atoms with Crippen LogP contribution in [0.3, 0.4) is 0 Å². The Hall–Kier alpha value is 1.07. The van der Waals surface area contributed by atoms with Crippen LogP contribution in [0.1, 0.15) is 27.6 Å². The fraction of sp³-hybridized carbons (Fsp3) is 0.833. The summed E-state index contributed by atoms with van der Waals surface area (Å²) in [6, 6.07) is -0.662. The summed E-state index contributed by atoms with van der Waals surface area (Å²) in [5, 5.41) is 8.28. The minimum Gasteiger partial charge on any atom is -1.00 e. The number of unbranched alkanes of at least 4 members (excludes halogenated alkanes) is 1. The summed E-state index contributed by atoms with van der Waals surface area (Å²) < 4.78 is 0. The van der Waals surface area contributed by atoms with Gasteiger partial charge in [-0.15, -0.1) is 0 Å². The minimum absolute atomic E-state index is 0. The monoisotopic (exact) mass is 171 g/mol. The number of carbonyl (C=O) groups is 1. The van der Waals surface area contributed by atoms with E-state index in [0.29, 0.717) is 6.42 Å². The molecule has 0 radical (unpaired) electrons. The van der Waals surface area contributed by atoms with Gasteiger partial charge in [-0.25, -0.2) is 0 Å². The summed E-state index contributed by atoms with van der Waals surface area (Å²) in [6.45, 7) is 2.01. The number of nitrogens with two attached hydrogens (primary N) is 1. The van der Waals surface area contributed by atoms with Crippen molar-refractivity contribution in [3.05, 3.63) is 0 Å². The summed E-state index contributed by atoms with van der Waals surface area (Å²) in [4.78, 5) is 10.1. The van der Waals surface area contributed by atoms with E-state index in [2.05, 4.69) is 0 Å². The first-order valence-corrected chi connectivity index (χ1v) is 3.17. The molecule has 0 aliphatic carbocycles. The molecule has 0 fully saturated rings. The van der Waals surface area contributed by atoms with Gasteiger partial charge in [0.2, 0.25) is 0 Å². The molecule has 0 saturated heterocycles. The van der Waals surface area contributed by atoms with E-state index < -0.39 is 12.0 Å². The average molecular weight is 171 g/mol. The SMILES string of the molecule is CCCCC(N)C(=O)O.[H-].[K+]. The Balaban J connectivity index is -0.000000320. The predicted molar refractivity (Wildman–Crippen MR) is 36.2 cm³/mol. The predicted octanol–water partition coefficient (Wildman–Crippen LogP) is -2.29. The standard InChI is InChI=1S/C6H13NO2.K.H/c1-2-3-4-5(7)6(8)9;;/h5H,2-4,7H2,1H3,(H,8,9);;/q;+1;-1. The largest absolute Gasteiger partial charge is 1.00 e. The molecule has 0 amide bonds. The van der Waals surface area contributed by atoms with Crippen molar-refractivity contribution in [3.8, 4) is 0 Å². The van der Waals surface area contributed by atoms with Crippen LogP contribution >= 0.6 is 0 Å². The first-order chi connectivity index (χ1) is 4.18. The van der Waals surface area contributed by atoms with Crippen LogP contribution in [0.2, 0.25) is 0 Å². The van der Waals surface area contributed by atoms with E-state index in [1.54, 1.807) is 0 Å². The fourth-order valence-electron chi connectivity index (χ4n) is 0.548. The number of aliphatic carboxylic acids is 1. The zero-order chi connectivity index (χ0) is 7.28. The summed E-state index contributed by atoms with van der Waals surface area (Å²) >= 11 is 0. The Kier molecular flexibility index (Phi) is 11.1. The van der Waals surface area contributed by atoms with Crippen LogP contribution in [-0.4, -0.2) is 17.1 Å². The molecule has 0 aliphatic rings. The smallest absolute Gasteiger partial charge is 1.00 e. The first-order valence-electron chi connectivity index (χ1n) is 3.17. The third kappa shape index (κ3) is 7.18. The van der Waals surface area contributed by atoms with Gasteiger partial charge in [-0.2, -0.15) is 0 Å². The van der Waals surface area contributed by atoms with Gasteiger partial charge in [0.05, 0.1) is 0 Å². The molecule has 10 heavy (non-hydrogen) atoms. The van der Waals surface area contributed by atoms with E-state index in [9.17, 15) is 4.79 Å². The molecule has 0 aliphatic heterocycles. The van der Waals surface area contributed by atoms with Crippen molar-refractivity contribution >= 4 is 5.97 Å². The number of hydrogen-bond donors (Lipinski definition) is 2. The summed E-state index contributed by atoms with van der Waals surface area (Å²) in [5.74, 6) is -0.900. The average Bonchev–Trinajstić information content (AvgIpc) is 1.82. The van der Waals surface area contributed by atoms with Crippen molar-refractivity contribution in [1.82, 2.24) is 0 Å². The van der Waals surface area contributed by atoms with Gasteiger partial charge in [0.15, 0.2) is 0 Å². The number of rotatable bonds is 4. The second kappa shape index (κ2) is 8.17. The molecule has 0 heterocycles. The third-order valence-electron chi connectivity index (χ3n) is 1.19. The molecule has 0 rings (SSSR count). The molecule has 3 nitrogen and oxygen atoms in total. The van der Waals surface area contributed by atoms with Crippen LogP contribution in [0.25, 0.3) is 0 Å². The second-order valence-corrected chi connectivity index (χ2v) is 2.09. The van der Waals surface area contributed by atoms with Crippen LogP contribution in [0.15, 0.2) is 0 Å². The molecule has 0 aromatic heterocycles. The van der Waals surface area contributed by atoms with E-state index in [1.165, 1.54) is 0 Å². The molecule has 3 N–H and O–H groups in total. The van der Waals surface area contributed by atoms with Crippen LogP contribution in [0, 0.1) is 0 Å². The fourth-order valence-corrected chi connectivity index (χ4v) is 0.548. The van der Waals surface area contributed by atoms with Crippen molar-refractivity contribution in [1.29, 1.82) is 0 Å². The summed E-state index contributed by atoms with van der Waals surface area (Å²) in [6.07, 6.45) is 2.49. The van der Waals surface area contributed by atoms with Crippen molar-refractivity contribution in [2.75, 3.05) is 0 Å². The first kappa shape index (κ1) is 13.6. The maximum absolute atomic E-state index is 10.1. The van der Waals surface area contributed by atoms with Gasteiger partial charge < -0.3 is 12.3 Å². The molecule has 0 aromatic rings. The summed E-state index contributed by atoms with van der Waals surface area (Å²) in [7, 11) is 0. The van der Waals surface area contributed by atoms with E-state index in [-0.39, 0.29) is 52.8 Å². The van der Waals surface area contributed by atoms with Gasteiger partial charge in [-0.1, -0.05) is 19.8 Å². The van der Waals surface area contributed by atoms with Gasteiger partial charge >= 0.3 is 57.4 Å². The summed E-state index contributed by atoms with van der Waals surface area (Å²) in [5.41, 5.74) is 5.20. The quantitative estimate of drug-likeness (QED) is 0.468. The molecule has 0 bridgehead atoms. The van der Waals surface area contributed by atoms with Gasteiger partial charge in [-0.3, -0.25) is 4.79 Å². The Morgan fingerprint density at radius 2 is 2.30 bits per heavy atom.